The third-order valence-electron chi connectivity index (χ3n) is 7.07. The van der Waals surface area contributed by atoms with Crippen LogP contribution in [0.4, 0.5) is 9.59 Å². The van der Waals surface area contributed by atoms with Gasteiger partial charge in [-0.05, 0) is 91.9 Å². The number of rotatable bonds is 14. The van der Waals surface area contributed by atoms with Crippen LogP contribution in [0.1, 0.15) is 157 Å². The molecule has 1 aliphatic carbocycles. The van der Waals surface area contributed by atoms with Gasteiger partial charge < -0.3 is 9.47 Å². The highest BCUT2D eigenvalue weighted by Crippen LogP contribution is 2.24. The van der Waals surface area contributed by atoms with Crippen LogP contribution in [0.25, 0.3) is 0 Å². The van der Waals surface area contributed by atoms with Crippen LogP contribution in [-0.2, 0) is 29.0 Å². The van der Waals surface area contributed by atoms with Gasteiger partial charge in [-0.3, -0.25) is 9.78 Å². The summed E-state index contributed by atoms with van der Waals surface area (Å²) in [5.74, 6) is 0. The van der Waals surface area contributed by atoms with Crippen LogP contribution < -0.4 is 0 Å². The van der Waals surface area contributed by atoms with Gasteiger partial charge in [0.1, 0.15) is 23.4 Å². The summed E-state index contributed by atoms with van der Waals surface area (Å²) >= 11 is 0. The first-order valence-electron chi connectivity index (χ1n) is 15.2. The molecule has 0 radical (unpaired) electrons. The van der Waals surface area contributed by atoms with Crippen molar-refractivity contribution in [3.63, 3.8) is 0 Å². The maximum absolute atomic E-state index is 12.2. The molecule has 38 heavy (non-hydrogen) atoms. The lowest BCUT2D eigenvalue weighted by Crippen LogP contribution is -2.28. The van der Waals surface area contributed by atoms with Crippen molar-refractivity contribution in [2.45, 2.75) is 181 Å². The second-order valence-electron chi connectivity index (χ2n) is 12.0. The number of carbonyl (C=O) groups excluding carboxylic acids is 2. The van der Waals surface area contributed by atoms with Crippen LogP contribution in [-0.4, -0.2) is 35.7 Å². The molecule has 1 saturated carbocycles. The Bertz CT molecular complexity index is 568. The SMILES string of the molecule is CCCCCC(C)(C)OOC(=O)OC1CCCCCC(OC(=O)OOC(C)(C)CCCCC)CCCCC1. The summed E-state index contributed by atoms with van der Waals surface area (Å²) in [6.07, 6.45) is 15.1. The molecule has 0 spiro atoms. The molecule has 0 unspecified atom stereocenters. The minimum Gasteiger partial charge on any atom is -0.429 e. The Kier molecular flexibility index (Phi) is 17.7. The van der Waals surface area contributed by atoms with Crippen molar-refractivity contribution < 1.29 is 38.6 Å². The molecule has 0 heterocycles. The quantitative estimate of drug-likeness (QED) is 0.0924. The predicted octanol–water partition coefficient (Wildman–Crippen LogP) is 9.53. The van der Waals surface area contributed by atoms with Crippen molar-refractivity contribution in [2.24, 2.45) is 0 Å². The van der Waals surface area contributed by atoms with Crippen molar-refractivity contribution in [1.29, 1.82) is 0 Å². The smallest absolute Gasteiger partial charge is 0.429 e. The summed E-state index contributed by atoms with van der Waals surface area (Å²) in [7, 11) is 0. The van der Waals surface area contributed by atoms with Gasteiger partial charge in [0.05, 0.1) is 0 Å². The van der Waals surface area contributed by atoms with E-state index in [2.05, 4.69) is 13.8 Å². The molecule has 1 fully saturated rings. The van der Waals surface area contributed by atoms with Gasteiger partial charge in [0.25, 0.3) is 0 Å². The third-order valence-corrected chi connectivity index (χ3v) is 7.07. The Morgan fingerprint density at radius 2 is 0.921 bits per heavy atom. The van der Waals surface area contributed by atoms with Crippen molar-refractivity contribution in [2.75, 3.05) is 0 Å². The first-order valence-corrected chi connectivity index (χ1v) is 15.2. The normalized spacial score (nSPS) is 20.1. The Morgan fingerprint density at radius 1 is 0.579 bits per heavy atom. The standard InChI is InChI=1S/C30H56O8/c1-7-9-17-23-29(3,4)37-35-27(31)33-25-19-13-11-15-21-26(22-16-12-14-20-25)34-28(32)36-38-30(5,6)24-18-10-8-2/h25-26H,7-24H2,1-6H3. The summed E-state index contributed by atoms with van der Waals surface area (Å²) in [4.78, 5) is 45.3. The molecule has 224 valence electrons. The van der Waals surface area contributed by atoms with E-state index in [-0.39, 0.29) is 12.2 Å². The van der Waals surface area contributed by atoms with E-state index in [1.807, 2.05) is 27.7 Å². The molecule has 1 aliphatic rings. The molecular weight excluding hydrogens is 488 g/mol. The maximum Gasteiger partial charge on any atom is 0.540 e. The Morgan fingerprint density at radius 3 is 1.24 bits per heavy atom. The fraction of sp³-hybridized carbons (Fsp3) is 0.933. The molecule has 0 aromatic rings. The van der Waals surface area contributed by atoms with Crippen molar-refractivity contribution in [3.05, 3.63) is 0 Å². The molecule has 0 amide bonds. The van der Waals surface area contributed by atoms with Gasteiger partial charge in [-0.15, -0.1) is 0 Å². The van der Waals surface area contributed by atoms with Gasteiger partial charge in [-0.1, -0.05) is 65.2 Å². The first kappa shape index (κ1) is 34.5. The minimum absolute atomic E-state index is 0.173. The van der Waals surface area contributed by atoms with Crippen molar-refractivity contribution in [3.8, 4) is 0 Å². The van der Waals surface area contributed by atoms with Crippen LogP contribution in [0.3, 0.4) is 0 Å². The average Bonchev–Trinajstić information content (AvgIpc) is 2.85. The minimum atomic E-state index is -0.756. The van der Waals surface area contributed by atoms with Crippen molar-refractivity contribution in [1.82, 2.24) is 0 Å². The van der Waals surface area contributed by atoms with Gasteiger partial charge >= 0.3 is 12.3 Å². The number of ether oxygens (including phenoxy) is 2. The van der Waals surface area contributed by atoms with Gasteiger partial charge in [0, 0.05) is 0 Å². The predicted molar refractivity (Wildman–Crippen MR) is 147 cm³/mol. The van der Waals surface area contributed by atoms with Crippen LogP contribution >= 0.6 is 0 Å². The molecule has 0 aromatic heterocycles. The third kappa shape index (κ3) is 17.9. The molecule has 8 nitrogen and oxygen atoms in total. The Balaban J connectivity index is 2.37. The second kappa shape index (κ2) is 19.5. The number of unbranched alkanes of at least 4 members (excludes halogenated alkanes) is 4. The van der Waals surface area contributed by atoms with E-state index in [0.717, 1.165) is 116 Å². The van der Waals surface area contributed by atoms with E-state index in [4.69, 9.17) is 29.0 Å². The lowest BCUT2D eigenvalue weighted by Gasteiger charge is -2.24. The summed E-state index contributed by atoms with van der Waals surface area (Å²) in [6.45, 7) is 12.0. The molecule has 0 saturated heterocycles. The van der Waals surface area contributed by atoms with Crippen LogP contribution in [0.15, 0.2) is 0 Å². The van der Waals surface area contributed by atoms with E-state index in [1.165, 1.54) is 0 Å². The fourth-order valence-electron chi connectivity index (χ4n) is 4.66. The average molecular weight is 545 g/mol. The van der Waals surface area contributed by atoms with E-state index >= 15 is 0 Å². The second-order valence-corrected chi connectivity index (χ2v) is 12.0. The first-order chi connectivity index (χ1) is 18.1. The van der Waals surface area contributed by atoms with E-state index in [0.29, 0.717) is 0 Å². The van der Waals surface area contributed by atoms with Crippen LogP contribution in [0.2, 0.25) is 0 Å². The number of hydrogen-bond acceptors (Lipinski definition) is 8. The Hall–Kier alpha value is -1.54. The highest BCUT2D eigenvalue weighted by Gasteiger charge is 2.26. The molecule has 0 atom stereocenters. The van der Waals surface area contributed by atoms with Crippen molar-refractivity contribution >= 4 is 12.3 Å². The zero-order chi connectivity index (χ0) is 28.3. The molecule has 8 heteroatoms. The highest BCUT2D eigenvalue weighted by atomic mass is 17.2. The zero-order valence-corrected chi connectivity index (χ0v) is 25.1. The maximum atomic E-state index is 12.2. The molecule has 0 aliphatic heterocycles. The summed E-state index contributed by atoms with van der Waals surface area (Å²) < 4.78 is 11.2. The monoisotopic (exact) mass is 544 g/mol. The molecule has 0 bridgehead atoms. The molecule has 1 rings (SSSR count). The van der Waals surface area contributed by atoms with Gasteiger partial charge in [-0.2, -0.15) is 9.78 Å². The highest BCUT2D eigenvalue weighted by molar-refractivity contribution is 5.59. The molecular formula is C30H56O8. The van der Waals surface area contributed by atoms with Crippen LogP contribution in [0, 0.1) is 0 Å². The largest absolute Gasteiger partial charge is 0.540 e. The van der Waals surface area contributed by atoms with Gasteiger partial charge in [0.2, 0.25) is 0 Å². The summed E-state index contributed by atoms with van der Waals surface area (Å²) in [5.41, 5.74) is -1.05. The Labute approximate surface area is 231 Å². The van der Waals surface area contributed by atoms with Crippen LogP contribution in [0.5, 0.6) is 0 Å². The lowest BCUT2D eigenvalue weighted by atomic mass is 9.98. The van der Waals surface area contributed by atoms with E-state index in [9.17, 15) is 9.59 Å². The van der Waals surface area contributed by atoms with Gasteiger partial charge in [0.15, 0.2) is 0 Å². The summed E-state index contributed by atoms with van der Waals surface area (Å²) in [5, 5.41) is 0. The number of carbonyl (C=O) groups is 2. The lowest BCUT2D eigenvalue weighted by molar-refractivity contribution is -0.320. The van der Waals surface area contributed by atoms with Gasteiger partial charge in [-0.25, -0.2) is 9.59 Å². The zero-order valence-electron chi connectivity index (χ0n) is 25.1. The van der Waals surface area contributed by atoms with E-state index < -0.39 is 23.5 Å². The topological polar surface area (TPSA) is 89.5 Å². The number of hydrogen-bond donors (Lipinski definition) is 0. The molecule has 0 aromatic carbocycles. The van der Waals surface area contributed by atoms with E-state index in [1.54, 1.807) is 0 Å². The fourth-order valence-corrected chi connectivity index (χ4v) is 4.66. The summed E-state index contributed by atoms with van der Waals surface area (Å²) in [6, 6.07) is 0. The molecule has 0 N–H and O–H groups in total.